The number of rotatable bonds is 7. The summed E-state index contributed by atoms with van der Waals surface area (Å²) < 4.78 is 3.62. The lowest BCUT2D eigenvalue weighted by Gasteiger charge is -2.20. The van der Waals surface area contributed by atoms with Crippen LogP contribution in [0.2, 0.25) is 0 Å². The smallest absolute Gasteiger partial charge is 0.263 e. The Morgan fingerprint density at radius 2 is 1.83 bits per heavy atom. The van der Waals surface area contributed by atoms with E-state index in [9.17, 15) is 9.59 Å². The third-order valence-corrected chi connectivity index (χ3v) is 5.15. The minimum Gasteiger partial charge on any atom is -0.348 e. The van der Waals surface area contributed by atoms with Crippen LogP contribution in [-0.2, 0) is 6.54 Å². The maximum absolute atomic E-state index is 12.9. The molecule has 0 aliphatic carbocycles. The molecule has 7 heteroatoms. The molecule has 0 saturated heterocycles. The van der Waals surface area contributed by atoms with Crippen molar-refractivity contribution in [1.29, 1.82) is 0 Å². The zero-order chi connectivity index (χ0) is 21.8. The summed E-state index contributed by atoms with van der Waals surface area (Å²) in [5.41, 5.74) is 2.59. The Bertz CT molecular complexity index is 1080. The van der Waals surface area contributed by atoms with Crippen molar-refractivity contribution >= 4 is 5.91 Å². The van der Waals surface area contributed by atoms with Crippen molar-refractivity contribution in [2.24, 2.45) is 0 Å². The molecule has 1 aromatic carbocycles. The fourth-order valence-electron chi connectivity index (χ4n) is 3.58. The molecule has 1 amide bonds. The van der Waals surface area contributed by atoms with Crippen LogP contribution in [0.15, 0.2) is 53.7 Å². The molecule has 0 saturated carbocycles. The predicted octanol–water partition coefficient (Wildman–Crippen LogP) is 2.70. The van der Waals surface area contributed by atoms with Crippen molar-refractivity contribution in [1.82, 2.24) is 24.3 Å². The SMILES string of the molecule is Cc1ccn(C(C)CN(C)C)c(=O)c1C(=O)NCc1ccc(-n2ccnc2C)cc1. The Kier molecular flexibility index (Phi) is 6.52. The number of nitrogens with one attached hydrogen (secondary N) is 1. The number of carbonyl (C=O) groups excluding carboxylic acids is 1. The van der Waals surface area contributed by atoms with Gasteiger partial charge in [-0.1, -0.05) is 12.1 Å². The van der Waals surface area contributed by atoms with Gasteiger partial charge in [0.1, 0.15) is 11.4 Å². The van der Waals surface area contributed by atoms with E-state index in [4.69, 9.17) is 0 Å². The van der Waals surface area contributed by atoms with Gasteiger partial charge in [-0.05, 0) is 64.2 Å². The molecule has 2 heterocycles. The van der Waals surface area contributed by atoms with E-state index in [1.54, 1.807) is 23.9 Å². The minimum atomic E-state index is -0.349. The van der Waals surface area contributed by atoms with E-state index in [1.165, 1.54) is 0 Å². The van der Waals surface area contributed by atoms with Gasteiger partial charge >= 0.3 is 0 Å². The van der Waals surface area contributed by atoms with E-state index in [0.29, 0.717) is 18.7 Å². The standard InChI is InChI=1S/C23H29N5O2/c1-16-10-12-27(17(2)15-26(4)5)23(30)21(16)22(29)25-14-19-6-8-20(9-7-19)28-13-11-24-18(28)3/h6-13,17H,14-15H2,1-5H3,(H,25,29). The van der Waals surface area contributed by atoms with Crippen molar-refractivity contribution < 1.29 is 4.79 Å². The summed E-state index contributed by atoms with van der Waals surface area (Å²) in [5, 5.41) is 2.89. The Morgan fingerprint density at radius 3 is 2.43 bits per heavy atom. The lowest BCUT2D eigenvalue weighted by Crippen LogP contribution is -2.36. The first kappa shape index (κ1) is 21.5. The number of likely N-dealkylation sites (N-methyl/N-ethyl adjacent to an activating group) is 1. The Morgan fingerprint density at radius 1 is 1.13 bits per heavy atom. The summed E-state index contributed by atoms with van der Waals surface area (Å²) in [4.78, 5) is 32.0. The van der Waals surface area contributed by atoms with Crippen LogP contribution in [0.5, 0.6) is 0 Å². The van der Waals surface area contributed by atoms with Crippen molar-refractivity contribution in [3.63, 3.8) is 0 Å². The Labute approximate surface area is 177 Å². The van der Waals surface area contributed by atoms with Gasteiger partial charge in [0.05, 0.1) is 0 Å². The summed E-state index contributed by atoms with van der Waals surface area (Å²) in [6.45, 7) is 6.78. The third kappa shape index (κ3) is 4.68. The molecule has 0 radical (unpaired) electrons. The van der Waals surface area contributed by atoms with E-state index < -0.39 is 0 Å². The van der Waals surface area contributed by atoms with E-state index in [2.05, 4.69) is 10.3 Å². The second-order valence-corrected chi connectivity index (χ2v) is 7.89. The number of nitrogens with zero attached hydrogens (tertiary/aromatic N) is 4. The molecule has 1 atom stereocenters. The monoisotopic (exact) mass is 407 g/mol. The molecule has 7 nitrogen and oxygen atoms in total. The van der Waals surface area contributed by atoms with E-state index in [1.807, 2.05) is 73.9 Å². The first-order valence-electron chi connectivity index (χ1n) is 10.0. The number of aryl methyl sites for hydroxylation is 2. The second-order valence-electron chi connectivity index (χ2n) is 7.89. The topological polar surface area (TPSA) is 72.2 Å². The van der Waals surface area contributed by atoms with Crippen molar-refractivity contribution in [3.8, 4) is 5.69 Å². The lowest BCUT2D eigenvalue weighted by molar-refractivity contribution is 0.0948. The molecule has 0 fully saturated rings. The van der Waals surface area contributed by atoms with Gasteiger partial charge in [0.15, 0.2) is 0 Å². The third-order valence-electron chi connectivity index (χ3n) is 5.15. The van der Waals surface area contributed by atoms with Gasteiger partial charge < -0.3 is 19.4 Å². The van der Waals surface area contributed by atoms with Crippen LogP contribution in [0.1, 0.15) is 40.3 Å². The molecule has 0 spiro atoms. The first-order chi connectivity index (χ1) is 14.3. The summed E-state index contributed by atoms with van der Waals surface area (Å²) in [5.74, 6) is 0.564. The van der Waals surface area contributed by atoms with Crippen LogP contribution in [0.25, 0.3) is 5.69 Å². The molecular formula is C23H29N5O2. The van der Waals surface area contributed by atoms with E-state index >= 15 is 0 Å². The van der Waals surface area contributed by atoms with Gasteiger partial charge in [0.2, 0.25) is 0 Å². The zero-order valence-electron chi connectivity index (χ0n) is 18.2. The van der Waals surface area contributed by atoms with E-state index in [-0.39, 0.29) is 23.1 Å². The van der Waals surface area contributed by atoms with Gasteiger partial charge in [-0.15, -0.1) is 0 Å². The number of pyridine rings is 1. The molecule has 158 valence electrons. The normalized spacial score (nSPS) is 12.2. The molecular weight excluding hydrogens is 378 g/mol. The number of benzene rings is 1. The zero-order valence-corrected chi connectivity index (χ0v) is 18.2. The van der Waals surface area contributed by atoms with Crippen molar-refractivity contribution in [2.75, 3.05) is 20.6 Å². The molecule has 2 aromatic heterocycles. The van der Waals surface area contributed by atoms with Crippen LogP contribution < -0.4 is 10.9 Å². The number of amides is 1. The van der Waals surface area contributed by atoms with Crippen LogP contribution in [-0.4, -0.2) is 45.6 Å². The van der Waals surface area contributed by atoms with Crippen LogP contribution in [0, 0.1) is 13.8 Å². The summed E-state index contributed by atoms with van der Waals surface area (Å²) >= 11 is 0. The number of imidazole rings is 1. The molecule has 0 bridgehead atoms. The first-order valence-corrected chi connectivity index (χ1v) is 10.0. The summed E-state index contributed by atoms with van der Waals surface area (Å²) in [6, 6.07) is 9.69. The number of hydrogen-bond donors (Lipinski definition) is 1. The maximum atomic E-state index is 12.9. The van der Waals surface area contributed by atoms with Gasteiger partial charge in [0.25, 0.3) is 11.5 Å². The van der Waals surface area contributed by atoms with Crippen LogP contribution in [0.3, 0.4) is 0 Å². The quantitative estimate of drug-likeness (QED) is 0.654. The lowest BCUT2D eigenvalue weighted by atomic mass is 10.1. The molecule has 3 aromatic rings. The van der Waals surface area contributed by atoms with Gasteiger partial charge in [0, 0.05) is 43.4 Å². The second kappa shape index (κ2) is 9.09. The average molecular weight is 408 g/mol. The molecule has 3 rings (SSSR count). The minimum absolute atomic E-state index is 0.0289. The van der Waals surface area contributed by atoms with Crippen LogP contribution in [0.4, 0.5) is 0 Å². The summed E-state index contributed by atoms with van der Waals surface area (Å²) in [6.07, 6.45) is 5.43. The van der Waals surface area contributed by atoms with Gasteiger partial charge in [-0.3, -0.25) is 9.59 Å². The molecule has 1 N–H and O–H groups in total. The van der Waals surface area contributed by atoms with Gasteiger partial charge in [-0.2, -0.15) is 0 Å². The highest BCUT2D eigenvalue weighted by atomic mass is 16.2. The highest BCUT2D eigenvalue weighted by Gasteiger charge is 2.18. The fraction of sp³-hybridized carbons (Fsp3) is 0.348. The van der Waals surface area contributed by atoms with Gasteiger partial charge in [-0.25, -0.2) is 4.98 Å². The summed E-state index contributed by atoms with van der Waals surface area (Å²) in [7, 11) is 3.92. The number of aromatic nitrogens is 3. The van der Waals surface area contributed by atoms with Crippen molar-refractivity contribution in [2.45, 2.75) is 33.4 Å². The van der Waals surface area contributed by atoms with Crippen molar-refractivity contribution in [3.05, 3.63) is 81.8 Å². The Hall–Kier alpha value is -3.19. The fourth-order valence-corrected chi connectivity index (χ4v) is 3.58. The average Bonchev–Trinajstić information content (AvgIpc) is 3.12. The largest absolute Gasteiger partial charge is 0.348 e. The molecule has 0 aliphatic rings. The highest BCUT2D eigenvalue weighted by Crippen LogP contribution is 2.12. The molecule has 30 heavy (non-hydrogen) atoms. The molecule has 1 unspecified atom stereocenters. The molecule has 0 aliphatic heterocycles. The number of carbonyl (C=O) groups is 1. The highest BCUT2D eigenvalue weighted by molar-refractivity contribution is 5.95. The van der Waals surface area contributed by atoms with Crippen LogP contribution >= 0.6 is 0 Å². The number of hydrogen-bond acceptors (Lipinski definition) is 4. The maximum Gasteiger partial charge on any atom is 0.263 e. The van der Waals surface area contributed by atoms with E-state index in [0.717, 1.165) is 17.1 Å². The Balaban J connectivity index is 1.73. The predicted molar refractivity (Wildman–Crippen MR) is 118 cm³/mol.